The number of rotatable bonds is 5. The van der Waals surface area contributed by atoms with Crippen LogP contribution < -0.4 is 10.1 Å². The van der Waals surface area contributed by atoms with Crippen LogP contribution in [0, 0.1) is 21.4 Å². The summed E-state index contributed by atoms with van der Waals surface area (Å²) in [4.78, 5) is 14.5. The third kappa shape index (κ3) is 3.45. The van der Waals surface area contributed by atoms with Crippen molar-refractivity contribution in [3.8, 4) is 11.9 Å². The van der Waals surface area contributed by atoms with E-state index in [-0.39, 0.29) is 11.3 Å². The molecule has 106 valence electrons. The van der Waals surface area contributed by atoms with Gasteiger partial charge in [0.25, 0.3) is 5.69 Å². The molecule has 2 rings (SSSR count). The zero-order valence-electron chi connectivity index (χ0n) is 11.2. The number of pyridine rings is 1. The predicted octanol–water partition coefficient (Wildman–Crippen LogP) is 2.48. The number of aromatic nitrogens is 1. The van der Waals surface area contributed by atoms with Crippen LogP contribution >= 0.6 is 0 Å². The van der Waals surface area contributed by atoms with Crippen molar-refractivity contribution in [3.63, 3.8) is 0 Å². The van der Waals surface area contributed by atoms with Gasteiger partial charge < -0.3 is 10.1 Å². The molecule has 1 aromatic carbocycles. The number of nitriles is 1. The topological polar surface area (TPSA) is 101 Å². The van der Waals surface area contributed by atoms with Gasteiger partial charge in [-0.15, -0.1) is 0 Å². The minimum atomic E-state index is -0.518. The SMILES string of the molecule is COc1ccc(CNc2ccc(C#N)cc2[N+](=O)[O-])cn1. The Kier molecular flexibility index (Phi) is 4.31. The lowest BCUT2D eigenvalue weighted by atomic mass is 10.2. The quantitative estimate of drug-likeness (QED) is 0.668. The first-order chi connectivity index (χ1) is 10.1. The lowest BCUT2D eigenvalue weighted by Crippen LogP contribution is -2.03. The summed E-state index contributed by atoms with van der Waals surface area (Å²) in [5.74, 6) is 0.503. The van der Waals surface area contributed by atoms with Crippen LogP contribution in [0.4, 0.5) is 11.4 Å². The van der Waals surface area contributed by atoms with Crippen LogP contribution in [0.2, 0.25) is 0 Å². The Morgan fingerprint density at radius 2 is 2.24 bits per heavy atom. The molecular weight excluding hydrogens is 272 g/mol. The Morgan fingerprint density at radius 1 is 1.43 bits per heavy atom. The molecule has 0 radical (unpaired) electrons. The fraction of sp³-hybridized carbons (Fsp3) is 0.143. The normalized spacial score (nSPS) is 9.71. The molecule has 2 aromatic rings. The Balaban J connectivity index is 2.15. The van der Waals surface area contributed by atoms with Crippen LogP contribution in [-0.2, 0) is 6.54 Å². The average Bonchev–Trinajstić information content (AvgIpc) is 2.53. The number of hydrogen-bond acceptors (Lipinski definition) is 6. The molecule has 0 amide bonds. The molecule has 7 nitrogen and oxygen atoms in total. The molecule has 0 saturated carbocycles. The summed E-state index contributed by atoms with van der Waals surface area (Å²) < 4.78 is 4.96. The van der Waals surface area contributed by atoms with Crippen LogP contribution in [-0.4, -0.2) is 17.0 Å². The summed E-state index contributed by atoms with van der Waals surface area (Å²) in [7, 11) is 1.53. The van der Waals surface area contributed by atoms with Gasteiger partial charge in [-0.25, -0.2) is 4.98 Å². The largest absolute Gasteiger partial charge is 0.481 e. The molecule has 0 fully saturated rings. The second-order valence-corrected chi connectivity index (χ2v) is 4.16. The van der Waals surface area contributed by atoms with Gasteiger partial charge in [0.1, 0.15) is 5.69 Å². The van der Waals surface area contributed by atoms with Gasteiger partial charge in [-0.3, -0.25) is 10.1 Å². The maximum atomic E-state index is 11.0. The Labute approximate surface area is 121 Å². The summed E-state index contributed by atoms with van der Waals surface area (Å²) in [6.45, 7) is 0.379. The van der Waals surface area contributed by atoms with Crippen molar-refractivity contribution >= 4 is 11.4 Å². The molecule has 1 aromatic heterocycles. The first kappa shape index (κ1) is 14.3. The smallest absolute Gasteiger partial charge is 0.293 e. The highest BCUT2D eigenvalue weighted by atomic mass is 16.6. The van der Waals surface area contributed by atoms with Crippen molar-refractivity contribution in [3.05, 3.63) is 57.8 Å². The number of anilines is 1. The molecule has 0 aliphatic carbocycles. The van der Waals surface area contributed by atoms with E-state index in [9.17, 15) is 10.1 Å². The average molecular weight is 284 g/mol. The standard InChI is InChI=1S/C14H12N4O3/c1-21-14-5-3-11(9-17-14)8-16-12-4-2-10(7-15)6-13(12)18(19)20/h2-6,9,16H,8H2,1H3. The Morgan fingerprint density at radius 3 is 2.81 bits per heavy atom. The highest BCUT2D eigenvalue weighted by Gasteiger charge is 2.14. The lowest BCUT2D eigenvalue weighted by Gasteiger charge is -2.07. The summed E-state index contributed by atoms with van der Waals surface area (Å²) in [6.07, 6.45) is 1.63. The molecule has 7 heteroatoms. The first-order valence-corrected chi connectivity index (χ1v) is 6.05. The van der Waals surface area contributed by atoms with E-state index in [2.05, 4.69) is 10.3 Å². The van der Waals surface area contributed by atoms with Gasteiger partial charge in [0.15, 0.2) is 0 Å². The van der Waals surface area contributed by atoms with Crippen molar-refractivity contribution in [2.75, 3.05) is 12.4 Å². The zero-order chi connectivity index (χ0) is 15.2. The second kappa shape index (κ2) is 6.34. The number of nitro benzene ring substituents is 1. The van der Waals surface area contributed by atoms with E-state index < -0.39 is 4.92 Å². The Hall–Kier alpha value is -3.14. The minimum Gasteiger partial charge on any atom is -0.481 e. The maximum absolute atomic E-state index is 11.0. The molecule has 0 aliphatic rings. The van der Waals surface area contributed by atoms with E-state index in [0.29, 0.717) is 18.1 Å². The van der Waals surface area contributed by atoms with Crippen LogP contribution in [0.25, 0.3) is 0 Å². The number of methoxy groups -OCH3 is 1. The number of nitrogens with one attached hydrogen (secondary N) is 1. The van der Waals surface area contributed by atoms with Gasteiger partial charge in [0.2, 0.25) is 5.88 Å². The highest BCUT2D eigenvalue weighted by Crippen LogP contribution is 2.25. The van der Waals surface area contributed by atoms with Gasteiger partial charge in [-0.1, -0.05) is 6.07 Å². The first-order valence-electron chi connectivity index (χ1n) is 6.05. The highest BCUT2D eigenvalue weighted by molar-refractivity contribution is 5.64. The molecular formula is C14H12N4O3. The summed E-state index contributed by atoms with van der Waals surface area (Å²) in [5, 5.41) is 22.8. The van der Waals surface area contributed by atoms with E-state index in [1.807, 2.05) is 12.1 Å². The molecule has 0 spiro atoms. The monoisotopic (exact) mass is 284 g/mol. The molecule has 0 bridgehead atoms. The van der Waals surface area contributed by atoms with Crippen LogP contribution in [0.1, 0.15) is 11.1 Å². The third-order valence-electron chi connectivity index (χ3n) is 2.81. The molecule has 0 unspecified atom stereocenters. The van der Waals surface area contributed by atoms with Crippen molar-refractivity contribution in [1.82, 2.24) is 4.98 Å². The third-order valence-corrected chi connectivity index (χ3v) is 2.81. The predicted molar refractivity (Wildman–Crippen MR) is 75.9 cm³/mol. The Bertz CT molecular complexity index is 692. The fourth-order valence-electron chi connectivity index (χ4n) is 1.74. The van der Waals surface area contributed by atoms with E-state index >= 15 is 0 Å². The molecule has 0 aliphatic heterocycles. The van der Waals surface area contributed by atoms with Crippen molar-refractivity contribution < 1.29 is 9.66 Å². The van der Waals surface area contributed by atoms with Gasteiger partial charge in [0.05, 0.1) is 23.7 Å². The van der Waals surface area contributed by atoms with Gasteiger partial charge >= 0.3 is 0 Å². The van der Waals surface area contributed by atoms with Gasteiger partial charge in [-0.05, 0) is 17.7 Å². The van der Waals surface area contributed by atoms with E-state index in [4.69, 9.17) is 10.00 Å². The fourth-order valence-corrected chi connectivity index (χ4v) is 1.74. The summed E-state index contributed by atoms with van der Waals surface area (Å²) in [5.41, 5.74) is 1.33. The maximum Gasteiger partial charge on any atom is 0.293 e. The van der Waals surface area contributed by atoms with Crippen molar-refractivity contribution in [1.29, 1.82) is 5.26 Å². The van der Waals surface area contributed by atoms with Crippen molar-refractivity contribution in [2.45, 2.75) is 6.54 Å². The molecule has 0 atom stereocenters. The molecule has 21 heavy (non-hydrogen) atoms. The summed E-state index contributed by atoms with van der Waals surface area (Å²) in [6, 6.07) is 9.70. The molecule has 1 N–H and O–H groups in total. The molecule has 0 saturated heterocycles. The van der Waals surface area contributed by atoms with E-state index in [0.717, 1.165) is 5.56 Å². The second-order valence-electron chi connectivity index (χ2n) is 4.16. The minimum absolute atomic E-state index is 0.129. The van der Waals surface area contributed by atoms with Gasteiger partial charge in [0, 0.05) is 24.9 Å². The number of nitro groups is 1. The summed E-state index contributed by atoms with van der Waals surface area (Å²) >= 11 is 0. The number of hydrogen-bond donors (Lipinski definition) is 1. The van der Waals surface area contributed by atoms with Gasteiger partial charge in [-0.2, -0.15) is 5.26 Å². The van der Waals surface area contributed by atoms with Crippen LogP contribution in [0.15, 0.2) is 36.5 Å². The van der Waals surface area contributed by atoms with Crippen LogP contribution in [0.5, 0.6) is 5.88 Å². The van der Waals surface area contributed by atoms with E-state index in [1.165, 1.54) is 25.3 Å². The van der Waals surface area contributed by atoms with Crippen molar-refractivity contribution in [2.24, 2.45) is 0 Å². The number of ether oxygens (including phenoxy) is 1. The number of benzene rings is 1. The number of nitrogens with zero attached hydrogens (tertiary/aromatic N) is 3. The van der Waals surface area contributed by atoms with E-state index in [1.54, 1.807) is 12.3 Å². The van der Waals surface area contributed by atoms with Crippen LogP contribution in [0.3, 0.4) is 0 Å². The molecule has 1 heterocycles. The zero-order valence-corrected chi connectivity index (χ0v) is 11.2. The lowest BCUT2D eigenvalue weighted by molar-refractivity contribution is -0.384.